The summed E-state index contributed by atoms with van der Waals surface area (Å²) in [7, 11) is 0. The molecule has 8 heterocycles. The molecular formula is C114H64N6O4S2. The first-order valence-electron chi connectivity index (χ1n) is 42.0. The van der Waals surface area contributed by atoms with Gasteiger partial charge in [-0.2, -0.15) is 0 Å². The van der Waals surface area contributed by atoms with Crippen molar-refractivity contribution in [1.29, 1.82) is 0 Å². The van der Waals surface area contributed by atoms with E-state index >= 15 is 0 Å². The second-order valence-corrected chi connectivity index (χ2v) is 34.4. The Hall–Kier alpha value is -16.4. The minimum atomic E-state index is 0.532. The highest BCUT2D eigenvalue weighted by Crippen LogP contribution is 2.49. The monoisotopic (exact) mass is 1640 g/mol. The van der Waals surface area contributed by atoms with Crippen molar-refractivity contribution < 1.29 is 17.7 Å². The predicted octanol–water partition coefficient (Wildman–Crippen LogP) is 32.1. The topological polar surface area (TPSA) is 130 Å². The smallest absolute Gasteiger partial charge is 0.164 e. The van der Waals surface area contributed by atoms with Crippen molar-refractivity contribution in [3.63, 3.8) is 0 Å². The first-order valence-corrected chi connectivity index (χ1v) is 43.7. The molecule has 126 heavy (non-hydrogen) atoms. The number of hydrogen-bond acceptors (Lipinski definition) is 12. The molecule has 26 rings (SSSR count). The Morgan fingerprint density at radius 1 is 0.151 bits per heavy atom. The summed E-state index contributed by atoms with van der Waals surface area (Å²) < 4.78 is 31.7. The van der Waals surface area contributed by atoms with Crippen molar-refractivity contribution >= 4 is 151 Å². The van der Waals surface area contributed by atoms with Crippen LogP contribution in [0.3, 0.4) is 0 Å². The molecule has 12 heteroatoms. The fourth-order valence-electron chi connectivity index (χ4n) is 18.6. The predicted molar refractivity (Wildman–Crippen MR) is 519 cm³/mol. The van der Waals surface area contributed by atoms with Gasteiger partial charge in [-0.1, -0.05) is 279 Å². The lowest BCUT2D eigenvalue weighted by Gasteiger charge is -2.13. The average Bonchev–Trinajstić information content (AvgIpc) is 1.58. The van der Waals surface area contributed by atoms with Gasteiger partial charge in [-0.05, 0) is 176 Å². The van der Waals surface area contributed by atoms with E-state index in [1.807, 2.05) is 95.5 Å². The van der Waals surface area contributed by atoms with Crippen LogP contribution in [0.25, 0.3) is 274 Å². The number of rotatable bonds is 13. The molecule has 0 saturated carbocycles. The van der Waals surface area contributed by atoms with E-state index in [9.17, 15) is 0 Å². The zero-order chi connectivity index (χ0) is 82.6. The number of hydrogen-bond donors (Lipinski definition) is 0. The van der Waals surface area contributed by atoms with Crippen molar-refractivity contribution in [2.75, 3.05) is 0 Å². The van der Waals surface area contributed by atoms with Crippen molar-refractivity contribution in [2.45, 2.75) is 0 Å². The summed E-state index contributed by atoms with van der Waals surface area (Å²) in [6.45, 7) is 0. The Morgan fingerprint density at radius 2 is 0.476 bits per heavy atom. The maximum atomic E-state index is 7.26. The summed E-state index contributed by atoms with van der Waals surface area (Å²) in [5.74, 6) is 3.37. The van der Waals surface area contributed by atoms with E-state index in [0.29, 0.717) is 34.9 Å². The Labute approximate surface area is 727 Å². The van der Waals surface area contributed by atoms with Crippen LogP contribution < -0.4 is 0 Å². The largest absolute Gasteiger partial charge is 0.456 e. The third kappa shape index (κ3) is 12.0. The van der Waals surface area contributed by atoms with Gasteiger partial charge in [0.05, 0.1) is 0 Å². The van der Waals surface area contributed by atoms with Gasteiger partial charge < -0.3 is 17.7 Å². The molecule has 0 N–H and O–H groups in total. The van der Waals surface area contributed by atoms with Gasteiger partial charge in [0, 0.05) is 128 Å². The minimum absolute atomic E-state index is 0.532. The van der Waals surface area contributed by atoms with E-state index in [1.165, 1.54) is 45.9 Å². The van der Waals surface area contributed by atoms with E-state index in [4.69, 9.17) is 47.6 Å². The minimum Gasteiger partial charge on any atom is -0.456 e. The summed E-state index contributed by atoms with van der Waals surface area (Å²) in [5, 5.41) is 13.3. The van der Waals surface area contributed by atoms with Crippen LogP contribution in [0, 0.1) is 0 Å². The number of nitrogens with zero attached hydrogens (tertiary/aromatic N) is 6. The van der Waals surface area contributed by atoms with Gasteiger partial charge in [-0.25, -0.2) is 29.9 Å². The normalized spacial score (nSPS) is 12.0. The van der Waals surface area contributed by atoms with Gasteiger partial charge in [0.25, 0.3) is 0 Å². The number of furan rings is 4. The van der Waals surface area contributed by atoms with Gasteiger partial charge in [0.2, 0.25) is 0 Å². The van der Waals surface area contributed by atoms with Crippen molar-refractivity contribution in [2.24, 2.45) is 0 Å². The fourth-order valence-corrected chi connectivity index (χ4v) is 21.1. The molecule has 8 aromatic heterocycles. The molecule has 0 aliphatic carbocycles. The van der Waals surface area contributed by atoms with Crippen LogP contribution >= 0.6 is 22.7 Å². The summed E-state index contributed by atoms with van der Waals surface area (Å²) in [4.78, 5) is 32.0. The van der Waals surface area contributed by atoms with Crippen LogP contribution in [0.4, 0.5) is 0 Å². The number of fused-ring (bicyclic) bond motifs is 18. The molecule has 0 radical (unpaired) electrons. The molecule has 0 atom stereocenters. The average molecular weight is 1650 g/mol. The highest BCUT2D eigenvalue weighted by Gasteiger charge is 2.25. The van der Waals surface area contributed by atoms with Crippen LogP contribution in [0.1, 0.15) is 0 Å². The van der Waals surface area contributed by atoms with E-state index in [2.05, 4.69) is 315 Å². The first-order chi connectivity index (χ1) is 62.3. The standard InChI is InChI=1S/C114H64N6O4S2/c1-3-19-67(20-4-1)109-115-111(119-113(117-109)79-56-75(72-48-52-100-94(61-72)86-24-8-11-35-97(86)121-100)55-76(57-79)73-49-53-101-95(62-73)87-25-9-12-36-98(87)122-101)69-43-39-65(40-44-69)71-50-54-104-96(63-71)93-34-18-30-84(108(93)126-104)74-47-51-88-91-32-16-28-82(106(91)124-102(88)64-74)78-58-77(81-27-15-31-90-85-23-7-13-37-99(85)123-105(81)90)59-80(60-78)114-118-110(68-21-5-2-6-22-68)116-112(120-114)70-45-41-66(42-46-70)83-29-17-33-92-89-26-10-14-38-103(89)125-107(83)92/h1-64H. The van der Waals surface area contributed by atoms with Gasteiger partial charge in [0.1, 0.15) is 44.7 Å². The van der Waals surface area contributed by atoms with Crippen molar-refractivity contribution in [3.05, 3.63) is 388 Å². The molecule has 26 aromatic rings. The van der Waals surface area contributed by atoms with E-state index in [-0.39, 0.29) is 0 Å². The number of thiophene rings is 2. The first kappa shape index (κ1) is 71.4. The Bertz CT molecular complexity index is 8860. The molecule has 0 aliphatic heterocycles. The molecule has 0 fully saturated rings. The molecule has 0 spiro atoms. The van der Waals surface area contributed by atoms with Crippen LogP contribution in [-0.4, -0.2) is 29.9 Å². The summed E-state index contributed by atoms with van der Waals surface area (Å²) >= 11 is 3.65. The summed E-state index contributed by atoms with van der Waals surface area (Å²) in [6, 6.07) is 137. The Morgan fingerprint density at radius 3 is 1.02 bits per heavy atom. The SMILES string of the molecule is c1ccc(-c2nc(-c3ccc(-c4ccc5sc6c(-c7ccc8c(c7)oc7c(-c9cc(-c%10nc(-c%11ccccc%11)nc(-c%11ccc(-c%12cccc%13c%12sc%12ccccc%12%13)cc%11)n%10)cc(-c%10cccc%11c%10oc%10ccccc%10%11)c9)cccc78)cccc6c5c4)cc3)nc(-c3cc(-c4ccc5oc6ccccc6c5c4)cc(-c4ccc5oc6ccccc6c5c4)c3)n2)cc1. The van der Waals surface area contributed by atoms with Crippen molar-refractivity contribution in [1.82, 2.24) is 29.9 Å². The molecule has 10 nitrogen and oxygen atoms in total. The third-order valence-electron chi connectivity index (χ3n) is 24.8. The fraction of sp³-hybridized carbons (Fsp3) is 0. The van der Waals surface area contributed by atoms with Gasteiger partial charge in [0.15, 0.2) is 34.9 Å². The highest BCUT2D eigenvalue weighted by molar-refractivity contribution is 7.26. The van der Waals surface area contributed by atoms with Crippen LogP contribution in [0.5, 0.6) is 0 Å². The van der Waals surface area contributed by atoms with Crippen LogP contribution in [0.2, 0.25) is 0 Å². The molecule has 18 aromatic carbocycles. The van der Waals surface area contributed by atoms with E-state index in [0.717, 1.165) is 193 Å². The molecule has 0 amide bonds. The molecule has 586 valence electrons. The van der Waals surface area contributed by atoms with Gasteiger partial charge in [-0.3, -0.25) is 0 Å². The number of benzene rings is 18. The third-order valence-corrected chi connectivity index (χ3v) is 27.2. The molecule has 0 bridgehead atoms. The summed E-state index contributed by atoms with van der Waals surface area (Å²) in [6.07, 6.45) is 0. The van der Waals surface area contributed by atoms with Gasteiger partial charge >= 0.3 is 0 Å². The number of para-hydroxylation sites is 5. The van der Waals surface area contributed by atoms with Crippen molar-refractivity contribution in [3.8, 4) is 146 Å². The van der Waals surface area contributed by atoms with Crippen LogP contribution in [-0.2, 0) is 0 Å². The van der Waals surface area contributed by atoms with E-state index < -0.39 is 0 Å². The molecule has 0 saturated heterocycles. The lowest BCUT2D eigenvalue weighted by molar-refractivity contribution is 0.668. The Kier molecular flexibility index (Phi) is 16.2. The molecule has 0 aliphatic rings. The zero-order valence-corrected chi connectivity index (χ0v) is 68.7. The van der Waals surface area contributed by atoms with E-state index in [1.54, 1.807) is 0 Å². The Balaban J connectivity index is 0.549. The second-order valence-electron chi connectivity index (χ2n) is 32.3. The lowest BCUT2D eigenvalue weighted by atomic mass is 9.94. The van der Waals surface area contributed by atoms with Gasteiger partial charge in [-0.15, -0.1) is 22.7 Å². The number of aromatic nitrogens is 6. The quantitative estimate of drug-likeness (QED) is 0.110. The zero-order valence-electron chi connectivity index (χ0n) is 67.1. The molecular weight excluding hydrogens is 1580 g/mol. The second kappa shape index (κ2) is 28.6. The maximum Gasteiger partial charge on any atom is 0.164 e. The van der Waals surface area contributed by atoms with Crippen LogP contribution in [0.15, 0.2) is 406 Å². The molecule has 0 unspecified atom stereocenters. The maximum absolute atomic E-state index is 7.26. The lowest BCUT2D eigenvalue weighted by Crippen LogP contribution is -2.00. The summed E-state index contributed by atoms with van der Waals surface area (Å²) in [5.41, 5.74) is 26.3. The highest BCUT2D eigenvalue weighted by atomic mass is 32.1.